The van der Waals surface area contributed by atoms with Crippen LogP contribution in [0.25, 0.3) is 10.9 Å². The zero-order chi connectivity index (χ0) is 11.0. The second-order valence-corrected chi connectivity index (χ2v) is 4.59. The molecule has 4 heteroatoms. The molecule has 0 saturated heterocycles. The Morgan fingerprint density at radius 1 is 1.40 bits per heavy atom. The van der Waals surface area contributed by atoms with Gasteiger partial charge in [-0.25, -0.2) is 0 Å². The molecule has 1 aromatic heterocycles. The second kappa shape index (κ2) is 4.05. The van der Waals surface area contributed by atoms with Crippen LogP contribution >= 0.6 is 23.2 Å². The maximum Gasteiger partial charge on any atom is 0.0833 e. The van der Waals surface area contributed by atoms with Crippen molar-refractivity contribution in [2.24, 2.45) is 5.73 Å². The van der Waals surface area contributed by atoms with Gasteiger partial charge in [-0.05, 0) is 19.1 Å². The average molecular weight is 243 g/mol. The van der Waals surface area contributed by atoms with Gasteiger partial charge in [0.05, 0.1) is 15.6 Å². The molecule has 0 bridgehead atoms. The average Bonchev–Trinajstić information content (AvgIpc) is 2.54. The molecule has 2 rings (SSSR count). The van der Waals surface area contributed by atoms with E-state index in [9.17, 15) is 0 Å². The highest BCUT2D eigenvalue weighted by molar-refractivity contribution is 6.45. The van der Waals surface area contributed by atoms with Crippen molar-refractivity contribution < 1.29 is 0 Å². The van der Waals surface area contributed by atoms with E-state index in [1.165, 1.54) is 0 Å². The van der Waals surface area contributed by atoms with Crippen LogP contribution in [0.3, 0.4) is 0 Å². The van der Waals surface area contributed by atoms with Gasteiger partial charge in [-0.15, -0.1) is 0 Å². The van der Waals surface area contributed by atoms with Crippen molar-refractivity contribution in [2.75, 3.05) is 0 Å². The molecule has 0 spiro atoms. The Hall–Kier alpha value is -0.700. The summed E-state index contributed by atoms with van der Waals surface area (Å²) in [6, 6.07) is 5.94. The number of H-pyrrole nitrogens is 1. The zero-order valence-corrected chi connectivity index (χ0v) is 9.86. The molecule has 0 fully saturated rings. The summed E-state index contributed by atoms with van der Waals surface area (Å²) in [5.41, 5.74) is 7.71. The summed E-state index contributed by atoms with van der Waals surface area (Å²) in [5.74, 6) is 0. The van der Waals surface area contributed by atoms with E-state index >= 15 is 0 Å². The van der Waals surface area contributed by atoms with E-state index < -0.39 is 0 Å². The lowest BCUT2D eigenvalue weighted by atomic mass is 10.2. The summed E-state index contributed by atoms with van der Waals surface area (Å²) in [6.45, 7) is 1.97. The van der Waals surface area contributed by atoms with Gasteiger partial charge in [0.2, 0.25) is 0 Å². The van der Waals surface area contributed by atoms with Gasteiger partial charge in [-0.2, -0.15) is 0 Å². The predicted molar refractivity (Wildman–Crippen MR) is 65.7 cm³/mol. The van der Waals surface area contributed by atoms with Crippen molar-refractivity contribution in [3.63, 3.8) is 0 Å². The summed E-state index contributed by atoms with van der Waals surface area (Å²) < 4.78 is 0. The Bertz CT molecular complexity index is 489. The molecular weight excluding hydrogens is 231 g/mol. The lowest BCUT2D eigenvalue weighted by Crippen LogP contribution is -2.17. The summed E-state index contributed by atoms with van der Waals surface area (Å²) in [5, 5.41) is 2.21. The van der Waals surface area contributed by atoms with Gasteiger partial charge in [-0.1, -0.05) is 29.3 Å². The molecule has 1 heterocycles. The number of nitrogens with two attached hydrogens (primary N) is 1. The van der Waals surface area contributed by atoms with Crippen molar-refractivity contribution in [3.8, 4) is 0 Å². The third kappa shape index (κ3) is 2.12. The molecule has 2 aromatic rings. The van der Waals surface area contributed by atoms with E-state index in [1.54, 1.807) is 6.07 Å². The fourth-order valence-corrected chi connectivity index (χ4v) is 2.03. The van der Waals surface area contributed by atoms with E-state index in [4.69, 9.17) is 28.9 Å². The van der Waals surface area contributed by atoms with Crippen LogP contribution in [-0.4, -0.2) is 11.0 Å². The monoisotopic (exact) mass is 242 g/mol. The Morgan fingerprint density at radius 3 is 2.80 bits per heavy atom. The van der Waals surface area contributed by atoms with Gasteiger partial charge in [-0.3, -0.25) is 0 Å². The summed E-state index contributed by atoms with van der Waals surface area (Å²) >= 11 is 12.0. The maximum absolute atomic E-state index is 6.08. The number of benzene rings is 1. The summed E-state index contributed by atoms with van der Waals surface area (Å²) in [4.78, 5) is 3.24. The first-order valence-electron chi connectivity index (χ1n) is 4.79. The Morgan fingerprint density at radius 2 is 2.13 bits per heavy atom. The first kappa shape index (κ1) is 10.8. The molecular formula is C11H12Cl2N2. The predicted octanol–water partition coefficient (Wildman–Crippen LogP) is 3.36. The fraction of sp³-hybridized carbons (Fsp3) is 0.273. The van der Waals surface area contributed by atoms with E-state index in [2.05, 4.69) is 11.1 Å². The minimum absolute atomic E-state index is 0.132. The molecule has 1 atom stereocenters. The molecule has 0 aliphatic rings. The molecule has 0 amide bonds. The van der Waals surface area contributed by atoms with Crippen LogP contribution in [0.2, 0.25) is 10.0 Å². The molecule has 0 saturated carbocycles. The first-order valence-corrected chi connectivity index (χ1v) is 5.54. The lowest BCUT2D eigenvalue weighted by molar-refractivity contribution is 0.727. The van der Waals surface area contributed by atoms with Crippen LogP contribution in [0.4, 0.5) is 0 Å². The van der Waals surface area contributed by atoms with Crippen molar-refractivity contribution in [1.29, 1.82) is 0 Å². The maximum atomic E-state index is 6.08. The van der Waals surface area contributed by atoms with Crippen LogP contribution in [0.15, 0.2) is 18.2 Å². The lowest BCUT2D eigenvalue weighted by Gasteiger charge is -2.00. The highest BCUT2D eigenvalue weighted by Crippen LogP contribution is 2.30. The van der Waals surface area contributed by atoms with Crippen LogP contribution in [0.5, 0.6) is 0 Å². The van der Waals surface area contributed by atoms with Crippen molar-refractivity contribution in [2.45, 2.75) is 19.4 Å². The number of fused-ring (bicyclic) bond motifs is 1. The Kier molecular flexibility index (Phi) is 2.91. The first-order chi connectivity index (χ1) is 7.08. The highest BCUT2D eigenvalue weighted by atomic mass is 35.5. The molecule has 15 heavy (non-hydrogen) atoms. The van der Waals surface area contributed by atoms with Crippen molar-refractivity contribution in [1.82, 2.24) is 4.98 Å². The highest BCUT2D eigenvalue weighted by Gasteiger charge is 2.08. The normalized spacial score (nSPS) is 13.3. The van der Waals surface area contributed by atoms with E-state index in [1.807, 2.05) is 13.0 Å². The minimum atomic E-state index is 0.132. The number of hydrogen-bond acceptors (Lipinski definition) is 1. The fourth-order valence-electron chi connectivity index (χ4n) is 1.65. The number of nitrogens with one attached hydrogen (secondary N) is 1. The SMILES string of the molecule is CC(N)Cc1cc2ccc(Cl)c(Cl)c2[nH]1. The molecule has 80 valence electrons. The molecule has 0 radical (unpaired) electrons. The largest absolute Gasteiger partial charge is 0.357 e. The molecule has 3 N–H and O–H groups in total. The summed E-state index contributed by atoms with van der Waals surface area (Å²) in [7, 11) is 0. The quantitative estimate of drug-likeness (QED) is 0.834. The molecule has 2 nitrogen and oxygen atoms in total. The number of aromatic nitrogens is 1. The van der Waals surface area contributed by atoms with Gasteiger partial charge in [0, 0.05) is 23.5 Å². The Labute approximate surface area is 98.4 Å². The minimum Gasteiger partial charge on any atom is -0.357 e. The van der Waals surface area contributed by atoms with Gasteiger partial charge in [0.1, 0.15) is 0 Å². The van der Waals surface area contributed by atoms with Crippen LogP contribution in [0, 0.1) is 0 Å². The Balaban J connectivity index is 2.51. The number of aromatic amines is 1. The van der Waals surface area contributed by atoms with E-state index in [-0.39, 0.29) is 6.04 Å². The topological polar surface area (TPSA) is 41.8 Å². The third-order valence-electron chi connectivity index (χ3n) is 2.28. The summed E-state index contributed by atoms with van der Waals surface area (Å²) in [6.07, 6.45) is 0.808. The number of halogens is 2. The molecule has 0 aliphatic carbocycles. The van der Waals surface area contributed by atoms with Gasteiger partial charge < -0.3 is 10.7 Å². The zero-order valence-electron chi connectivity index (χ0n) is 8.35. The molecule has 0 aliphatic heterocycles. The second-order valence-electron chi connectivity index (χ2n) is 3.80. The van der Waals surface area contributed by atoms with Crippen LogP contribution in [-0.2, 0) is 6.42 Å². The van der Waals surface area contributed by atoms with Gasteiger partial charge in [0.15, 0.2) is 0 Å². The van der Waals surface area contributed by atoms with Gasteiger partial charge in [0.25, 0.3) is 0 Å². The number of rotatable bonds is 2. The van der Waals surface area contributed by atoms with Crippen LogP contribution in [0.1, 0.15) is 12.6 Å². The van der Waals surface area contributed by atoms with Crippen molar-refractivity contribution in [3.05, 3.63) is 33.9 Å². The number of hydrogen-bond donors (Lipinski definition) is 2. The standard InChI is InChI=1S/C11H12Cl2N2/c1-6(14)4-8-5-7-2-3-9(12)10(13)11(7)15-8/h2-3,5-6,15H,4,14H2,1H3. The third-order valence-corrected chi connectivity index (χ3v) is 3.09. The van der Waals surface area contributed by atoms with Gasteiger partial charge >= 0.3 is 0 Å². The van der Waals surface area contributed by atoms with Crippen LogP contribution < -0.4 is 5.73 Å². The smallest absolute Gasteiger partial charge is 0.0833 e. The molecule has 1 aromatic carbocycles. The van der Waals surface area contributed by atoms with E-state index in [0.717, 1.165) is 23.0 Å². The molecule has 1 unspecified atom stereocenters. The van der Waals surface area contributed by atoms with Crippen molar-refractivity contribution >= 4 is 34.1 Å². The van der Waals surface area contributed by atoms with E-state index in [0.29, 0.717) is 10.0 Å².